The minimum atomic E-state index is -1.20. The van der Waals surface area contributed by atoms with Crippen LogP contribution in [0, 0.1) is 16.7 Å². The van der Waals surface area contributed by atoms with Gasteiger partial charge < -0.3 is 15.3 Å². The zero-order valence-electron chi connectivity index (χ0n) is 11.9. The van der Waals surface area contributed by atoms with Crippen LogP contribution in [-0.4, -0.2) is 33.6 Å². The van der Waals surface area contributed by atoms with Crippen molar-refractivity contribution in [3.63, 3.8) is 0 Å². The monoisotopic (exact) mass is 254 g/mol. The van der Waals surface area contributed by atoms with E-state index in [1.54, 1.807) is 6.08 Å². The maximum absolute atomic E-state index is 10.9. The Bertz CT molecular complexity index is 374. The smallest absolute Gasteiger partial charge is 0.114 e. The van der Waals surface area contributed by atoms with Gasteiger partial charge in [0.2, 0.25) is 0 Å². The SMILES string of the molecule is CC1=CC(O)[C@H]2C(C)(C)CCC[C@]2(C)[C@@]1(O)CO. The maximum atomic E-state index is 10.9. The van der Waals surface area contributed by atoms with Gasteiger partial charge in [-0.3, -0.25) is 0 Å². The van der Waals surface area contributed by atoms with Gasteiger partial charge in [0.25, 0.3) is 0 Å². The molecule has 0 spiro atoms. The molecule has 1 fully saturated rings. The zero-order chi connectivity index (χ0) is 13.8. The summed E-state index contributed by atoms with van der Waals surface area (Å²) in [6.45, 7) is 7.87. The summed E-state index contributed by atoms with van der Waals surface area (Å²) >= 11 is 0. The standard InChI is InChI=1S/C15H26O3/c1-10-8-11(17)12-13(2,3)6-5-7-14(12,4)15(10,18)9-16/h8,11-12,16-18H,5-7,9H2,1-4H3/t11?,12-,14-,15+/m0/s1. The predicted octanol–water partition coefficient (Wildman–Crippen LogP) is 1.86. The largest absolute Gasteiger partial charge is 0.393 e. The molecule has 0 saturated heterocycles. The topological polar surface area (TPSA) is 60.7 Å². The lowest BCUT2D eigenvalue weighted by molar-refractivity contribution is -0.185. The molecule has 3 nitrogen and oxygen atoms in total. The Morgan fingerprint density at radius 2 is 1.89 bits per heavy atom. The van der Waals surface area contributed by atoms with Gasteiger partial charge >= 0.3 is 0 Å². The highest BCUT2D eigenvalue weighted by molar-refractivity contribution is 5.29. The first-order chi connectivity index (χ1) is 8.19. The molecule has 0 heterocycles. The normalized spacial score (nSPS) is 47.4. The Labute approximate surface area is 110 Å². The number of fused-ring (bicyclic) bond motifs is 1. The van der Waals surface area contributed by atoms with Crippen molar-refractivity contribution >= 4 is 0 Å². The molecule has 0 aromatic rings. The molecule has 18 heavy (non-hydrogen) atoms. The van der Waals surface area contributed by atoms with Crippen molar-refractivity contribution in [1.29, 1.82) is 0 Å². The molecule has 2 aliphatic carbocycles. The van der Waals surface area contributed by atoms with Gasteiger partial charge in [-0.05, 0) is 30.8 Å². The summed E-state index contributed by atoms with van der Waals surface area (Å²) < 4.78 is 0. The zero-order valence-corrected chi connectivity index (χ0v) is 11.9. The van der Waals surface area contributed by atoms with Crippen LogP contribution in [-0.2, 0) is 0 Å². The van der Waals surface area contributed by atoms with Crippen LogP contribution in [0.1, 0.15) is 47.0 Å². The summed E-state index contributed by atoms with van der Waals surface area (Å²) in [7, 11) is 0. The van der Waals surface area contributed by atoms with E-state index in [1.165, 1.54) is 0 Å². The van der Waals surface area contributed by atoms with Gasteiger partial charge in [-0.1, -0.05) is 33.3 Å². The molecule has 2 aliphatic rings. The van der Waals surface area contributed by atoms with E-state index in [-0.39, 0.29) is 17.9 Å². The van der Waals surface area contributed by atoms with Gasteiger partial charge in [0.15, 0.2) is 0 Å². The van der Waals surface area contributed by atoms with Crippen LogP contribution in [0.4, 0.5) is 0 Å². The predicted molar refractivity (Wildman–Crippen MR) is 71.0 cm³/mol. The van der Waals surface area contributed by atoms with Crippen molar-refractivity contribution in [2.24, 2.45) is 16.7 Å². The van der Waals surface area contributed by atoms with Gasteiger partial charge in [-0.15, -0.1) is 0 Å². The third-order valence-electron chi connectivity index (χ3n) is 5.63. The van der Waals surface area contributed by atoms with Crippen LogP contribution in [0.5, 0.6) is 0 Å². The average Bonchev–Trinajstić information content (AvgIpc) is 2.24. The molecule has 0 amide bonds. The Hall–Kier alpha value is -0.380. The molecule has 0 aromatic heterocycles. The second-order valence-corrected chi connectivity index (χ2v) is 7.10. The van der Waals surface area contributed by atoms with E-state index in [9.17, 15) is 15.3 Å². The second-order valence-electron chi connectivity index (χ2n) is 7.10. The van der Waals surface area contributed by atoms with Crippen LogP contribution in [0.15, 0.2) is 11.6 Å². The van der Waals surface area contributed by atoms with Crippen LogP contribution >= 0.6 is 0 Å². The fraction of sp³-hybridized carbons (Fsp3) is 0.867. The van der Waals surface area contributed by atoms with E-state index in [0.717, 1.165) is 19.3 Å². The highest BCUT2D eigenvalue weighted by Crippen LogP contribution is 2.60. The van der Waals surface area contributed by atoms with E-state index in [4.69, 9.17) is 0 Å². The first-order valence-electron chi connectivity index (χ1n) is 6.89. The summed E-state index contributed by atoms with van der Waals surface area (Å²) in [5, 5.41) is 31.1. The molecule has 0 radical (unpaired) electrons. The molecule has 3 N–H and O–H groups in total. The molecule has 1 unspecified atom stereocenters. The lowest BCUT2D eigenvalue weighted by Crippen LogP contribution is -2.64. The van der Waals surface area contributed by atoms with E-state index in [0.29, 0.717) is 5.57 Å². The van der Waals surface area contributed by atoms with E-state index >= 15 is 0 Å². The molecule has 2 rings (SSSR count). The summed E-state index contributed by atoms with van der Waals surface area (Å²) in [5.74, 6) is -0.0143. The number of aliphatic hydroxyl groups excluding tert-OH is 2. The molecule has 0 aromatic carbocycles. The van der Waals surface area contributed by atoms with Crippen molar-refractivity contribution in [2.45, 2.75) is 58.7 Å². The summed E-state index contributed by atoms with van der Waals surface area (Å²) in [6, 6.07) is 0. The Morgan fingerprint density at radius 1 is 1.28 bits per heavy atom. The van der Waals surface area contributed by atoms with Gasteiger partial charge in [0, 0.05) is 11.3 Å². The van der Waals surface area contributed by atoms with Crippen molar-refractivity contribution in [2.75, 3.05) is 6.61 Å². The number of hydrogen-bond acceptors (Lipinski definition) is 3. The number of aliphatic hydroxyl groups is 3. The van der Waals surface area contributed by atoms with E-state index in [1.807, 2.05) is 13.8 Å². The average molecular weight is 254 g/mol. The molecule has 3 heteroatoms. The molecular formula is C15H26O3. The third kappa shape index (κ3) is 1.60. The van der Waals surface area contributed by atoms with Crippen molar-refractivity contribution in [3.8, 4) is 0 Å². The molecule has 0 aliphatic heterocycles. The van der Waals surface area contributed by atoms with Gasteiger partial charge in [0.1, 0.15) is 5.60 Å². The lowest BCUT2D eigenvalue weighted by atomic mass is 9.46. The molecule has 4 atom stereocenters. The fourth-order valence-electron chi connectivity index (χ4n) is 4.63. The quantitative estimate of drug-likeness (QED) is 0.626. The Kier molecular flexibility index (Phi) is 3.16. The minimum absolute atomic E-state index is 0.0143. The van der Waals surface area contributed by atoms with Crippen LogP contribution in [0.2, 0.25) is 0 Å². The van der Waals surface area contributed by atoms with Gasteiger partial charge in [-0.25, -0.2) is 0 Å². The summed E-state index contributed by atoms with van der Waals surface area (Å²) in [4.78, 5) is 0. The van der Waals surface area contributed by atoms with E-state index in [2.05, 4.69) is 13.8 Å². The number of rotatable bonds is 1. The number of hydrogen-bond donors (Lipinski definition) is 3. The highest BCUT2D eigenvalue weighted by Gasteiger charge is 2.61. The Balaban J connectivity index is 2.58. The van der Waals surface area contributed by atoms with Crippen LogP contribution in [0.25, 0.3) is 0 Å². The van der Waals surface area contributed by atoms with E-state index < -0.39 is 17.1 Å². The lowest BCUT2D eigenvalue weighted by Gasteiger charge is -2.61. The minimum Gasteiger partial charge on any atom is -0.393 e. The summed E-state index contributed by atoms with van der Waals surface area (Å²) in [6.07, 6.45) is 4.13. The molecule has 104 valence electrons. The van der Waals surface area contributed by atoms with Crippen molar-refractivity contribution < 1.29 is 15.3 Å². The third-order valence-corrected chi connectivity index (χ3v) is 5.63. The second kappa shape index (κ2) is 4.06. The van der Waals surface area contributed by atoms with Crippen molar-refractivity contribution in [3.05, 3.63) is 11.6 Å². The first kappa shape index (κ1) is 14.0. The first-order valence-corrected chi connectivity index (χ1v) is 6.89. The van der Waals surface area contributed by atoms with Crippen LogP contribution < -0.4 is 0 Å². The van der Waals surface area contributed by atoms with Gasteiger partial charge in [-0.2, -0.15) is 0 Å². The molecular weight excluding hydrogens is 228 g/mol. The van der Waals surface area contributed by atoms with Gasteiger partial charge in [0.05, 0.1) is 12.7 Å². The molecule has 1 saturated carbocycles. The Morgan fingerprint density at radius 3 is 2.44 bits per heavy atom. The van der Waals surface area contributed by atoms with Crippen LogP contribution in [0.3, 0.4) is 0 Å². The highest BCUT2D eigenvalue weighted by atomic mass is 16.3. The summed E-state index contributed by atoms with van der Waals surface area (Å²) in [5.41, 5.74) is -0.975. The molecule has 0 bridgehead atoms. The fourth-order valence-corrected chi connectivity index (χ4v) is 4.63. The van der Waals surface area contributed by atoms with Crippen molar-refractivity contribution in [1.82, 2.24) is 0 Å². The maximum Gasteiger partial charge on any atom is 0.114 e.